The third-order valence-corrected chi connectivity index (χ3v) is 5.46. The minimum absolute atomic E-state index is 0.0800. The molecule has 1 amide bonds. The lowest BCUT2D eigenvalue weighted by molar-refractivity contribution is -0.130. The van der Waals surface area contributed by atoms with Crippen molar-refractivity contribution in [1.29, 1.82) is 0 Å². The monoisotopic (exact) mass is 437 g/mol. The van der Waals surface area contributed by atoms with Gasteiger partial charge in [-0.2, -0.15) is 4.98 Å². The molecule has 0 bridgehead atoms. The number of carbonyl (C=O) groups excluding carboxylic acids is 1. The van der Waals surface area contributed by atoms with Crippen molar-refractivity contribution < 1.29 is 13.6 Å². The molecule has 0 atom stereocenters. The Hall–Kier alpha value is -3.55. The zero-order valence-electron chi connectivity index (χ0n) is 18.1. The van der Waals surface area contributed by atoms with Crippen LogP contribution in [0.2, 0.25) is 0 Å². The van der Waals surface area contributed by atoms with Crippen LogP contribution in [0.15, 0.2) is 48.5 Å². The molecule has 2 heterocycles. The Morgan fingerprint density at radius 2 is 1.69 bits per heavy atom. The fourth-order valence-corrected chi connectivity index (χ4v) is 3.66. The maximum Gasteiger partial charge on any atom is 0.229 e. The number of amides is 1. The van der Waals surface area contributed by atoms with Crippen LogP contribution in [0, 0.1) is 25.5 Å². The SMILES string of the molecule is Cc1ccc(Nc2nc(C)cc(N3CCN(C(=O)Cc4ccc(F)cc4F)CC3)n2)cc1. The Morgan fingerprint density at radius 3 is 2.38 bits per heavy atom. The number of halogens is 2. The summed E-state index contributed by atoms with van der Waals surface area (Å²) in [5, 5.41) is 3.24. The first-order valence-electron chi connectivity index (χ1n) is 10.5. The maximum atomic E-state index is 13.9. The molecule has 0 unspecified atom stereocenters. The number of hydrogen-bond donors (Lipinski definition) is 1. The van der Waals surface area contributed by atoms with Crippen LogP contribution in [0.1, 0.15) is 16.8 Å². The van der Waals surface area contributed by atoms with E-state index in [0.717, 1.165) is 23.3 Å². The number of hydrogen-bond acceptors (Lipinski definition) is 5. The van der Waals surface area contributed by atoms with Crippen LogP contribution < -0.4 is 10.2 Å². The number of anilines is 3. The van der Waals surface area contributed by atoms with E-state index in [1.807, 2.05) is 44.2 Å². The fourth-order valence-electron chi connectivity index (χ4n) is 3.66. The quantitative estimate of drug-likeness (QED) is 0.654. The van der Waals surface area contributed by atoms with Gasteiger partial charge in [-0.3, -0.25) is 4.79 Å². The van der Waals surface area contributed by atoms with Gasteiger partial charge in [-0.1, -0.05) is 23.8 Å². The molecule has 1 aliphatic rings. The van der Waals surface area contributed by atoms with Gasteiger partial charge < -0.3 is 15.1 Å². The van der Waals surface area contributed by atoms with Gasteiger partial charge in [0, 0.05) is 49.7 Å². The van der Waals surface area contributed by atoms with E-state index in [1.165, 1.54) is 17.7 Å². The van der Waals surface area contributed by atoms with Gasteiger partial charge in [0.15, 0.2) is 0 Å². The van der Waals surface area contributed by atoms with Gasteiger partial charge in [0.05, 0.1) is 6.42 Å². The highest BCUT2D eigenvalue weighted by Crippen LogP contribution is 2.20. The lowest BCUT2D eigenvalue weighted by Crippen LogP contribution is -2.49. The zero-order valence-corrected chi connectivity index (χ0v) is 18.1. The molecule has 1 aromatic heterocycles. The Kier molecular flexibility index (Phi) is 6.30. The van der Waals surface area contributed by atoms with E-state index >= 15 is 0 Å². The molecule has 0 aliphatic carbocycles. The summed E-state index contributed by atoms with van der Waals surface area (Å²) in [6.45, 7) is 6.18. The number of piperazine rings is 1. The summed E-state index contributed by atoms with van der Waals surface area (Å²) in [7, 11) is 0. The summed E-state index contributed by atoms with van der Waals surface area (Å²) in [4.78, 5) is 25.5. The van der Waals surface area contributed by atoms with Crippen LogP contribution in [0.5, 0.6) is 0 Å². The molecule has 8 heteroatoms. The van der Waals surface area contributed by atoms with Gasteiger partial charge in [0.2, 0.25) is 11.9 Å². The van der Waals surface area contributed by atoms with E-state index < -0.39 is 11.6 Å². The minimum atomic E-state index is -0.693. The molecule has 1 aliphatic heterocycles. The predicted molar refractivity (Wildman–Crippen MR) is 120 cm³/mol. The van der Waals surface area contributed by atoms with Gasteiger partial charge in [-0.15, -0.1) is 0 Å². The van der Waals surface area contributed by atoms with Gasteiger partial charge in [0.1, 0.15) is 17.5 Å². The summed E-state index contributed by atoms with van der Waals surface area (Å²) in [6.07, 6.45) is -0.0800. The lowest BCUT2D eigenvalue weighted by Gasteiger charge is -2.35. The van der Waals surface area contributed by atoms with Gasteiger partial charge in [-0.05, 0) is 37.6 Å². The Labute approximate surface area is 185 Å². The van der Waals surface area contributed by atoms with E-state index in [1.54, 1.807) is 4.90 Å². The standard InChI is InChI=1S/C24H25F2N5O/c1-16-3-7-20(8-4-16)28-24-27-17(2)13-22(29-24)30-9-11-31(12-10-30)23(32)14-18-5-6-19(25)15-21(18)26/h3-8,13,15H,9-12,14H2,1-2H3,(H,27,28,29). The van der Waals surface area contributed by atoms with E-state index in [0.29, 0.717) is 32.1 Å². The number of nitrogens with one attached hydrogen (secondary N) is 1. The maximum absolute atomic E-state index is 13.9. The number of rotatable bonds is 5. The lowest BCUT2D eigenvalue weighted by atomic mass is 10.1. The summed E-state index contributed by atoms with van der Waals surface area (Å²) < 4.78 is 27.0. The van der Waals surface area contributed by atoms with E-state index in [9.17, 15) is 13.6 Å². The highest BCUT2D eigenvalue weighted by molar-refractivity contribution is 5.79. The summed E-state index contributed by atoms with van der Waals surface area (Å²) in [6, 6.07) is 13.2. The van der Waals surface area contributed by atoms with Gasteiger partial charge in [0.25, 0.3) is 0 Å². The van der Waals surface area contributed by atoms with Crippen LogP contribution in [0.25, 0.3) is 0 Å². The van der Waals surface area contributed by atoms with Crippen molar-refractivity contribution in [2.24, 2.45) is 0 Å². The molecule has 1 N–H and O–H groups in total. The summed E-state index contributed by atoms with van der Waals surface area (Å²) in [5.41, 5.74) is 3.14. The second kappa shape index (κ2) is 9.30. The Morgan fingerprint density at radius 1 is 0.969 bits per heavy atom. The largest absolute Gasteiger partial charge is 0.353 e. The van der Waals surface area contributed by atoms with Crippen molar-refractivity contribution in [3.05, 3.63) is 77.0 Å². The molecule has 2 aromatic carbocycles. The van der Waals surface area contributed by atoms with Gasteiger partial charge >= 0.3 is 0 Å². The first-order chi connectivity index (χ1) is 15.4. The van der Waals surface area contributed by atoms with Gasteiger partial charge in [-0.25, -0.2) is 13.8 Å². The van der Waals surface area contributed by atoms with Crippen molar-refractivity contribution in [3.63, 3.8) is 0 Å². The first kappa shape index (κ1) is 21.7. The van der Waals surface area contributed by atoms with Crippen molar-refractivity contribution in [1.82, 2.24) is 14.9 Å². The van der Waals surface area contributed by atoms with Crippen LogP contribution in [0.3, 0.4) is 0 Å². The molecular formula is C24H25F2N5O. The minimum Gasteiger partial charge on any atom is -0.353 e. The summed E-state index contributed by atoms with van der Waals surface area (Å²) >= 11 is 0. The highest BCUT2D eigenvalue weighted by atomic mass is 19.1. The first-order valence-corrected chi connectivity index (χ1v) is 10.5. The summed E-state index contributed by atoms with van der Waals surface area (Å²) in [5.74, 6) is -0.195. The average molecular weight is 437 g/mol. The third-order valence-electron chi connectivity index (χ3n) is 5.46. The molecule has 1 saturated heterocycles. The zero-order chi connectivity index (χ0) is 22.7. The van der Waals surface area contributed by atoms with Crippen LogP contribution in [-0.4, -0.2) is 47.0 Å². The third kappa shape index (κ3) is 5.19. The van der Waals surface area contributed by atoms with E-state index in [2.05, 4.69) is 20.2 Å². The fraction of sp³-hybridized carbons (Fsp3) is 0.292. The second-order valence-electron chi connectivity index (χ2n) is 7.96. The molecule has 0 spiro atoms. The molecule has 166 valence electrons. The molecule has 1 fully saturated rings. The molecule has 0 radical (unpaired) electrons. The number of aryl methyl sites for hydroxylation is 2. The smallest absolute Gasteiger partial charge is 0.229 e. The molecule has 32 heavy (non-hydrogen) atoms. The highest BCUT2D eigenvalue weighted by Gasteiger charge is 2.23. The average Bonchev–Trinajstić information content (AvgIpc) is 2.77. The Bertz CT molecular complexity index is 1110. The topological polar surface area (TPSA) is 61.4 Å². The van der Waals surface area contributed by atoms with E-state index in [4.69, 9.17) is 0 Å². The molecule has 3 aromatic rings. The molecule has 4 rings (SSSR count). The predicted octanol–water partition coefficient (Wildman–Crippen LogP) is 4.01. The van der Waals surface area contributed by atoms with E-state index in [-0.39, 0.29) is 17.9 Å². The molecular weight excluding hydrogens is 412 g/mol. The van der Waals surface area contributed by atoms with Crippen LogP contribution in [-0.2, 0) is 11.2 Å². The van der Waals surface area contributed by atoms with Crippen molar-refractivity contribution in [3.8, 4) is 0 Å². The van der Waals surface area contributed by atoms with Crippen molar-refractivity contribution in [2.75, 3.05) is 36.4 Å². The molecule has 6 nitrogen and oxygen atoms in total. The Balaban J connectivity index is 1.38. The number of benzene rings is 2. The second-order valence-corrected chi connectivity index (χ2v) is 7.96. The number of carbonyl (C=O) groups is 1. The molecule has 0 saturated carbocycles. The normalized spacial score (nSPS) is 13.9. The van der Waals surface area contributed by atoms with Crippen LogP contribution >= 0.6 is 0 Å². The van der Waals surface area contributed by atoms with Crippen molar-refractivity contribution >= 4 is 23.4 Å². The number of aromatic nitrogens is 2. The van der Waals surface area contributed by atoms with Crippen LogP contribution in [0.4, 0.5) is 26.2 Å². The number of nitrogens with zero attached hydrogens (tertiary/aromatic N) is 4. The van der Waals surface area contributed by atoms with Crippen molar-refractivity contribution in [2.45, 2.75) is 20.3 Å².